The van der Waals surface area contributed by atoms with Gasteiger partial charge in [-0.05, 0) is 130 Å². The average Bonchev–Trinajstić information content (AvgIpc) is 3.30. The van der Waals surface area contributed by atoms with E-state index in [1.54, 1.807) is 5.57 Å². The second-order valence-electron chi connectivity index (χ2n) is 15.2. The first-order chi connectivity index (χ1) is 19.6. The number of rotatable bonds is 12. The maximum absolute atomic E-state index is 12.6. The summed E-state index contributed by atoms with van der Waals surface area (Å²) in [4.78, 5) is 12.6. The van der Waals surface area contributed by atoms with Crippen molar-refractivity contribution in [1.82, 2.24) is 0 Å². The van der Waals surface area contributed by atoms with Crippen LogP contribution < -0.4 is 0 Å². The van der Waals surface area contributed by atoms with E-state index in [0.29, 0.717) is 35.0 Å². The molecule has 3 fully saturated rings. The molecular formula is C39H62O2. The molecule has 4 aliphatic carbocycles. The number of allylic oxidation sites excluding steroid dienone is 7. The summed E-state index contributed by atoms with van der Waals surface area (Å²) in [5.41, 5.74) is 2.41. The fraction of sp³-hybridized carbons (Fsp3) is 0.769. The minimum absolute atomic E-state index is 0.0159. The average molecular weight is 563 g/mol. The maximum atomic E-state index is 12.6. The predicted molar refractivity (Wildman–Crippen MR) is 174 cm³/mol. The second-order valence-corrected chi connectivity index (χ2v) is 15.2. The Hall–Kier alpha value is -1.57. The lowest BCUT2D eigenvalue weighted by Gasteiger charge is -2.58. The molecule has 4 aliphatic rings. The third-order valence-electron chi connectivity index (χ3n) is 12.5. The Kier molecular flexibility index (Phi) is 11.3. The summed E-state index contributed by atoms with van der Waals surface area (Å²) >= 11 is 0. The van der Waals surface area contributed by atoms with Crippen LogP contribution in [0.3, 0.4) is 0 Å². The third-order valence-corrected chi connectivity index (χ3v) is 12.5. The fourth-order valence-corrected chi connectivity index (χ4v) is 9.54. The molecule has 230 valence electrons. The van der Waals surface area contributed by atoms with Gasteiger partial charge < -0.3 is 4.74 Å². The number of esters is 1. The highest BCUT2D eigenvalue weighted by atomic mass is 16.5. The van der Waals surface area contributed by atoms with Crippen LogP contribution in [0.1, 0.15) is 132 Å². The Morgan fingerprint density at radius 3 is 2.54 bits per heavy atom. The first-order valence-corrected chi connectivity index (χ1v) is 17.4. The van der Waals surface area contributed by atoms with Gasteiger partial charge in [0.2, 0.25) is 0 Å². The first-order valence-electron chi connectivity index (χ1n) is 17.4. The zero-order valence-corrected chi connectivity index (χ0v) is 27.7. The smallest absolute Gasteiger partial charge is 0.306 e. The summed E-state index contributed by atoms with van der Waals surface area (Å²) in [5, 5.41) is 0. The molecule has 0 N–H and O–H groups in total. The predicted octanol–water partition coefficient (Wildman–Crippen LogP) is 11.0. The van der Waals surface area contributed by atoms with Crippen molar-refractivity contribution in [1.29, 1.82) is 0 Å². The Morgan fingerprint density at radius 1 is 0.976 bits per heavy atom. The summed E-state index contributed by atoms with van der Waals surface area (Å²) in [7, 11) is 0. The molecule has 3 saturated carbocycles. The number of hydrogen-bond donors (Lipinski definition) is 0. The molecular weight excluding hydrogens is 500 g/mol. The van der Waals surface area contributed by atoms with Gasteiger partial charge in [-0.3, -0.25) is 4.79 Å². The Morgan fingerprint density at radius 2 is 1.78 bits per heavy atom. The third kappa shape index (κ3) is 7.33. The lowest BCUT2D eigenvalue weighted by atomic mass is 9.47. The van der Waals surface area contributed by atoms with Crippen molar-refractivity contribution in [2.75, 3.05) is 0 Å². The van der Waals surface area contributed by atoms with E-state index in [4.69, 9.17) is 4.74 Å². The van der Waals surface area contributed by atoms with Crippen molar-refractivity contribution in [3.05, 3.63) is 48.1 Å². The molecule has 0 saturated heterocycles. The van der Waals surface area contributed by atoms with E-state index in [1.807, 2.05) is 0 Å². The van der Waals surface area contributed by atoms with Crippen molar-refractivity contribution in [3.8, 4) is 0 Å². The Labute approximate surface area is 253 Å². The van der Waals surface area contributed by atoms with Crippen molar-refractivity contribution in [3.63, 3.8) is 0 Å². The lowest BCUT2D eigenvalue weighted by molar-refractivity contribution is -0.151. The molecule has 2 heteroatoms. The van der Waals surface area contributed by atoms with E-state index < -0.39 is 0 Å². The second kappa shape index (κ2) is 14.3. The van der Waals surface area contributed by atoms with Crippen molar-refractivity contribution in [2.24, 2.45) is 52.3 Å². The maximum Gasteiger partial charge on any atom is 0.306 e. The molecule has 4 rings (SSSR count). The number of ether oxygens (including phenoxy) is 1. The summed E-state index contributed by atoms with van der Waals surface area (Å²) in [6.07, 6.45) is 31.1. The molecule has 0 aliphatic heterocycles. The van der Waals surface area contributed by atoms with Gasteiger partial charge in [-0.1, -0.05) is 89.6 Å². The zero-order chi connectivity index (χ0) is 29.6. The van der Waals surface area contributed by atoms with Gasteiger partial charge in [-0.15, -0.1) is 0 Å². The fourth-order valence-electron chi connectivity index (χ4n) is 9.54. The Bertz CT molecular complexity index is 984. The van der Waals surface area contributed by atoms with Crippen LogP contribution in [0.15, 0.2) is 48.1 Å². The minimum Gasteiger partial charge on any atom is -0.462 e. The van der Waals surface area contributed by atoms with E-state index >= 15 is 0 Å². The highest BCUT2D eigenvalue weighted by molar-refractivity contribution is 5.69. The van der Waals surface area contributed by atoms with Crippen molar-refractivity contribution >= 4 is 5.97 Å². The molecule has 0 heterocycles. The van der Waals surface area contributed by atoms with Gasteiger partial charge in [-0.25, -0.2) is 0 Å². The lowest BCUT2D eigenvalue weighted by Crippen LogP contribution is -2.51. The van der Waals surface area contributed by atoms with Crippen LogP contribution in [0, 0.1) is 52.3 Å². The molecule has 0 aromatic heterocycles. The molecule has 9 atom stereocenters. The monoisotopic (exact) mass is 562 g/mol. The highest BCUT2D eigenvalue weighted by Gasteiger charge is 2.59. The molecule has 0 spiro atoms. The summed E-state index contributed by atoms with van der Waals surface area (Å²) in [5.74, 6) is 5.41. The van der Waals surface area contributed by atoms with Gasteiger partial charge >= 0.3 is 5.97 Å². The number of unbranched alkanes of at least 4 members (excludes halogenated alkanes) is 2. The van der Waals surface area contributed by atoms with Gasteiger partial charge in [0.25, 0.3) is 0 Å². The number of hydrogen-bond acceptors (Lipinski definition) is 2. The van der Waals surface area contributed by atoms with Gasteiger partial charge in [0.1, 0.15) is 6.10 Å². The first kappa shape index (κ1) is 32.3. The van der Waals surface area contributed by atoms with Crippen LogP contribution in [0.2, 0.25) is 0 Å². The molecule has 0 aromatic rings. The van der Waals surface area contributed by atoms with Crippen LogP contribution in [-0.2, 0) is 9.53 Å². The topological polar surface area (TPSA) is 26.3 Å². The summed E-state index contributed by atoms with van der Waals surface area (Å²) in [6, 6.07) is 0. The summed E-state index contributed by atoms with van der Waals surface area (Å²) < 4.78 is 6.05. The van der Waals surface area contributed by atoms with Gasteiger partial charge in [0.15, 0.2) is 0 Å². The molecule has 2 nitrogen and oxygen atoms in total. The molecule has 0 aromatic carbocycles. The van der Waals surface area contributed by atoms with Gasteiger partial charge in [0, 0.05) is 12.8 Å². The van der Waals surface area contributed by atoms with Crippen LogP contribution in [0.4, 0.5) is 0 Å². The van der Waals surface area contributed by atoms with E-state index in [1.165, 1.54) is 38.5 Å². The van der Waals surface area contributed by atoms with Crippen LogP contribution >= 0.6 is 0 Å². The largest absolute Gasteiger partial charge is 0.462 e. The normalized spacial score (nSPS) is 36.8. The quantitative estimate of drug-likeness (QED) is 0.134. The molecule has 41 heavy (non-hydrogen) atoms. The Balaban J connectivity index is 1.30. The zero-order valence-electron chi connectivity index (χ0n) is 27.7. The van der Waals surface area contributed by atoms with E-state index in [2.05, 4.69) is 91.0 Å². The molecule has 0 bridgehead atoms. The molecule has 0 radical (unpaired) electrons. The van der Waals surface area contributed by atoms with Crippen LogP contribution in [0.25, 0.3) is 0 Å². The van der Waals surface area contributed by atoms with E-state index in [0.717, 1.165) is 62.2 Å². The van der Waals surface area contributed by atoms with Gasteiger partial charge in [0.05, 0.1) is 0 Å². The molecule has 0 amide bonds. The van der Waals surface area contributed by atoms with E-state index in [9.17, 15) is 4.79 Å². The summed E-state index contributed by atoms with van der Waals surface area (Å²) in [6.45, 7) is 16.8. The van der Waals surface area contributed by atoms with Crippen molar-refractivity contribution < 1.29 is 9.53 Å². The molecule has 9 unspecified atom stereocenters. The number of carbonyl (C=O) groups excluding carboxylic acids is 1. The van der Waals surface area contributed by atoms with Crippen LogP contribution in [-0.4, -0.2) is 12.1 Å². The van der Waals surface area contributed by atoms with Gasteiger partial charge in [-0.2, -0.15) is 0 Å². The van der Waals surface area contributed by atoms with E-state index in [-0.39, 0.29) is 12.1 Å². The van der Waals surface area contributed by atoms with Crippen LogP contribution in [0.5, 0.6) is 0 Å². The van der Waals surface area contributed by atoms with Crippen molar-refractivity contribution in [2.45, 2.75) is 138 Å². The number of carbonyl (C=O) groups is 1. The number of fused-ring (bicyclic) bond motifs is 5. The standard InChI is InChI=1S/C39H62O2/c1-8-9-10-11-12-13-14-15-16-37(40)41-32-23-25-38(6)31(27-32)19-20-33-35-22-21-34(39(35,7)26-24-36(33)38)30(5)18-17-29(4)28(2)3/h8-9,11-12,17-19,28-30,32-36H,10,13-16,20-27H2,1-7H3/b9-8-,12-11-,18-17+. The minimum atomic E-state index is 0.0159. The highest BCUT2D eigenvalue weighted by Crippen LogP contribution is 2.67. The SMILES string of the molecule is C/C=C\C/C=C\CCCCC(=O)OC1CCC2(C)C(=CCC3C2CCC2(C)C(C(C)/C=C/C(C)C(C)C)CCC32)C1.